The Labute approximate surface area is 79.2 Å². The van der Waals surface area contributed by atoms with Crippen LogP contribution in [-0.2, 0) is 14.3 Å². The number of rotatable bonds is 5. The molecule has 0 bridgehead atoms. The minimum Gasteiger partial charge on any atom is -0.481 e. The SMILES string of the molecule is COC(=O)C(Cl)CSCC(=O)O. The Kier molecular flexibility index (Phi) is 5.92. The van der Waals surface area contributed by atoms with E-state index in [0.29, 0.717) is 0 Å². The molecule has 0 spiro atoms. The summed E-state index contributed by atoms with van der Waals surface area (Å²) in [7, 11) is 1.24. The summed E-state index contributed by atoms with van der Waals surface area (Å²) in [6.45, 7) is 0. The number of carboxylic acid groups (broad SMARTS) is 1. The zero-order valence-corrected chi connectivity index (χ0v) is 8.02. The summed E-state index contributed by atoms with van der Waals surface area (Å²) >= 11 is 6.61. The molecule has 6 heteroatoms. The molecule has 0 radical (unpaired) electrons. The van der Waals surface area contributed by atoms with Crippen molar-refractivity contribution < 1.29 is 19.4 Å². The van der Waals surface area contributed by atoms with Crippen molar-refractivity contribution in [3.63, 3.8) is 0 Å². The van der Waals surface area contributed by atoms with E-state index in [2.05, 4.69) is 4.74 Å². The van der Waals surface area contributed by atoms with Crippen molar-refractivity contribution in [2.75, 3.05) is 18.6 Å². The Morgan fingerprint density at radius 3 is 2.67 bits per heavy atom. The lowest BCUT2D eigenvalue weighted by Crippen LogP contribution is -2.19. The molecule has 0 rings (SSSR count). The molecule has 0 heterocycles. The van der Waals surface area contributed by atoms with Crippen molar-refractivity contribution in [1.82, 2.24) is 0 Å². The van der Waals surface area contributed by atoms with Crippen LogP contribution in [0.3, 0.4) is 0 Å². The van der Waals surface area contributed by atoms with Crippen molar-refractivity contribution in [2.24, 2.45) is 0 Å². The second kappa shape index (κ2) is 6.14. The van der Waals surface area contributed by atoms with Crippen LogP contribution in [0.4, 0.5) is 0 Å². The van der Waals surface area contributed by atoms with Gasteiger partial charge in [0.15, 0.2) is 0 Å². The first-order chi connectivity index (χ1) is 5.57. The minimum absolute atomic E-state index is 0.0553. The van der Waals surface area contributed by atoms with Crippen molar-refractivity contribution >= 4 is 35.3 Å². The van der Waals surface area contributed by atoms with E-state index in [4.69, 9.17) is 16.7 Å². The van der Waals surface area contributed by atoms with Crippen LogP contribution in [0.5, 0.6) is 0 Å². The van der Waals surface area contributed by atoms with Crippen molar-refractivity contribution in [3.05, 3.63) is 0 Å². The molecular weight excluding hydrogens is 204 g/mol. The zero-order valence-electron chi connectivity index (χ0n) is 6.45. The summed E-state index contributed by atoms with van der Waals surface area (Å²) < 4.78 is 4.34. The largest absolute Gasteiger partial charge is 0.481 e. The molecular formula is C6H9ClO4S. The van der Waals surface area contributed by atoms with Gasteiger partial charge < -0.3 is 9.84 Å². The standard InChI is InChI=1S/C6H9ClO4S/c1-11-6(10)4(7)2-12-3-5(8)9/h4H,2-3H2,1H3,(H,8,9). The Morgan fingerprint density at radius 1 is 1.67 bits per heavy atom. The predicted octanol–water partition coefficient (Wildman–Crippen LogP) is 0.585. The van der Waals surface area contributed by atoms with Crippen LogP contribution in [0, 0.1) is 0 Å². The van der Waals surface area contributed by atoms with E-state index in [1.54, 1.807) is 0 Å². The third-order valence-electron chi connectivity index (χ3n) is 0.947. The molecule has 12 heavy (non-hydrogen) atoms. The van der Waals surface area contributed by atoms with Gasteiger partial charge in [0.25, 0.3) is 0 Å². The number of hydrogen-bond acceptors (Lipinski definition) is 4. The molecule has 4 nitrogen and oxygen atoms in total. The van der Waals surface area contributed by atoms with Crippen LogP contribution < -0.4 is 0 Å². The number of aliphatic carboxylic acids is 1. The topological polar surface area (TPSA) is 63.6 Å². The Morgan fingerprint density at radius 2 is 2.25 bits per heavy atom. The molecule has 0 saturated carbocycles. The van der Waals surface area contributed by atoms with Crippen LogP contribution in [0.1, 0.15) is 0 Å². The van der Waals surface area contributed by atoms with Gasteiger partial charge in [-0.3, -0.25) is 9.59 Å². The van der Waals surface area contributed by atoms with Gasteiger partial charge in [0.2, 0.25) is 0 Å². The lowest BCUT2D eigenvalue weighted by molar-refractivity contribution is -0.139. The number of esters is 1. The smallest absolute Gasteiger partial charge is 0.324 e. The van der Waals surface area contributed by atoms with E-state index in [9.17, 15) is 9.59 Å². The number of halogens is 1. The minimum atomic E-state index is -0.922. The molecule has 1 unspecified atom stereocenters. The highest BCUT2D eigenvalue weighted by Gasteiger charge is 2.15. The first-order valence-corrected chi connectivity index (χ1v) is 4.68. The average molecular weight is 213 g/mol. The van der Waals surface area contributed by atoms with E-state index in [0.717, 1.165) is 11.8 Å². The summed E-state index contributed by atoms with van der Waals surface area (Å²) in [4.78, 5) is 20.7. The van der Waals surface area contributed by atoms with E-state index in [-0.39, 0.29) is 11.5 Å². The quantitative estimate of drug-likeness (QED) is 0.534. The van der Waals surface area contributed by atoms with Gasteiger partial charge in [0.05, 0.1) is 12.9 Å². The molecule has 0 amide bonds. The molecule has 0 fully saturated rings. The Balaban J connectivity index is 3.50. The summed E-state index contributed by atoms with van der Waals surface area (Å²) in [5, 5.41) is 7.48. The number of ether oxygens (including phenoxy) is 1. The molecule has 0 aliphatic rings. The summed E-state index contributed by atoms with van der Waals surface area (Å²) in [5.41, 5.74) is 0. The van der Waals surface area contributed by atoms with Crippen LogP contribution >= 0.6 is 23.4 Å². The lowest BCUT2D eigenvalue weighted by atomic mass is 10.5. The zero-order chi connectivity index (χ0) is 9.56. The number of thioether (sulfide) groups is 1. The third-order valence-corrected chi connectivity index (χ3v) is 2.48. The molecule has 1 N–H and O–H groups in total. The fourth-order valence-corrected chi connectivity index (χ4v) is 1.44. The monoisotopic (exact) mass is 212 g/mol. The van der Waals surface area contributed by atoms with Crippen LogP contribution in [-0.4, -0.2) is 41.0 Å². The first-order valence-electron chi connectivity index (χ1n) is 3.09. The van der Waals surface area contributed by atoms with Crippen molar-refractivity contribution in [1.29, 1.82) is 0 Å². The molecule has 1 atom stereocenters. The van der Waals surface area contributed by atoms with Gasteiger partial charge in [-0.25, -0.2) is 0 Å². The summed E-state index contributed by atoms with van der Waals surface area (Å²) in [6, 6.07) is 0. The predicted molar refractivity (Wildman–Crippen MR) is 46.6 cm³/mol. The maximum atomic E-state index is 10.7. The summed E-state index contributed by atoms with van der Waals surface area (Å²) in [6.07, 6.45) is 0. The number of carbonyl (C=O) groups excluding carboxylic acids is 1. The van der Waals surface area contributed by atoms with Gasteiger partial charge in [0.1, 0.15) is 5.38 Å². The van der Waals surface area contributed by atoms with E-state index in [1.807, 2.05) is 0 Å². The molecule has 0 saturated heterocycles. The number of methoxy groups -OCH3 is 1. The first kappa shape index (κ1) is 11.6. The van der Waals surface area contributed by atoms with E-state index in [1.165, 1.54) is 7.11 Å². The lowest BCUT2D eigenvalue weighted by Gasteiger charge is -2.04. The second-order valence-corrected chi connectivity index (χ2v) is 3.46. The van der Waals surface area contributed by atoms with Gasteiger partial charge in [0, 0.05) is 5.75 Å². The number of carboxylic acids is 1. The Bertz CT molecular complexity index is 173. The fourth-order valence-electron chi connectivity index (χ4n) is 0.446. The highest BCUT2D eigenvalue weighted by Crippen LogP contribution is 2.08. The summed E-state index contributed by atoms with van der Waals surface area (Å²) in [5.74, 6) is -1.26. The van der Waals surface area contributed by atoms with Gasteiger partial charge in [-0.2, -0.15) is 0 Å². The van der Waals surface area contributed by atoms with Crippen LogP contribution in [0.15, 0.2) is 0 Å². The van der Waals surface area contributed by atoms with Gasteiger partial charge in [-0.15, -0.1) is 23.4 Å². The molecule has 0 aromatic heterocycles. The molecule has 0 aliphatic carbocycles. The highest BCUT2D eigenvalue weighted by molar-refractivity contribution is 8.00. The number of carbonyl (C=O) groups is 2. The molecule has 0 aromatic carbocycles. The Hall–Kier alpha value is -0.420. The number of hydrogen-bond donors (Lipinski definition) is 1. The fraction of sp³-hybridized carbons (Fsp3) is 0.667. The molecule has 0 aliphatic heterocycles. The van der Waals surface area contributed by atoms with Crippen LogP contribution in [0.25, 0.3) is 0 Å². The van der Waals surface area contributed by atoms with Gasteiger partial charge >= 0.3 is 11.9 Å². The van der Waals surface area contributed by atoms with Crippen molar-refractivity contribution in [2.45, 2.75) is 5.38 Å². The van der Waals surface area contributed by atoms with E-state index >= 15 is 0 Å². The highest BCUT2D eigenvalue weighted by atomic mass is 35.5. The maximum absolute atomic E-state index is 10.7. The molecule has 0 aromatic rings. The molecule has 70 valence electrons. The normalized spacial score (nSPS) is 12.2. The maximum Gasteiger partial charge on any atom is 0.324 e. The van der Waals surface area contributed by atoms with Crippen LogP contribution in [0.2, 0.25) is 0 Å². The number of alkyl halides is 1. The second-order valence-electron chi connectivity index (χ2n) is 1.90. The van der Waals surface area contributed by atoms with Crippen molar-refractivity contribution in [3.8, 4) is 0 Å². The van der Waals surface area contributed by atoms with E-state index < -0.39 is 17.3 Å². The van der Waals surface area contributed by atoms with Gasteiger partial charge in [-0.05, 0) is 0 Å². The third kappa shape index (κ3) is 5.26. The average Bonchev–Trinajstić information content (AvgIpc) is 2.02. The van der Waals surface area contributed by atoms with Gasteiger partial charge in [-0.1, -0.05) is 0 Å².